The third kappa shape index (κ3) is 6.22. The fourth-order valence-corrected chi connectivity index (χ4v) is 4.65. The molecule has 1 unspecified atom stereocenters. The van der Waals surface area contributed by atoms with Crippen LogP contribution in [-0.2, 0) is 23.6 Å². The Labute approximate surface area is 235 Å². The van der Waals surface area contributed by atoms with Crippen molar-refractivity contribution < 1.29 is 18.6 Å². The lowest BCUT2D eigenvalue weighted by Gasteiger charge is -2.36. The standard InChI is InChI=1S/C35H32FNO3/c1-2-34(36)40-32-23-31(37-24-33(32)38-25-27-15-7-3-8-16-27)26-39-35(28-17-9-4-10-18-28,29-19-11-5-12-20-29)30-21-13-6-14-22-30/h3-24,34H,2,25-26H2,1H3. The molecule has 0 radical (unpaired) electrons. The summed E-state index contributed by atoms with van der Waals surface area (Å²) in [5, 5.41) is 0. The van der Waals surface area contributed by atoms with Crippen LogP contribution in [-0.4, -0.2) is 11.3 Å². The van der Waals surface area contributed by atoms with Crippen molar-refractivity contribution >= 4 is 0 Å². The number of benzene rings is 4. The van der Waals surface area contributed by atoms with Gasteiger partial charge in [0, 0.05) is 12.5 Å². The lowest BCUT2D eigenvalue weighted by molar-refractivity contribution is -0.00184. The fraction of sp³-hybridized carbons (Fsp3) is 0.171. The van der Waals surface area contributed by atoms with Crippen molar-refractivity contribution in [1.29, 1.82) is 0 Å². The molecule has 0 amide bonds. The van der Waals surface area contributed by atoms with E-state index in [9.17, 15) is 4.39 Å². The molecule has 1 aromatic heterocycles. The molecule has 0 fully saturated rings. The average molecular weight is 534 g/mol. The maximum Gasteiger partial charge on any atom is 0.238 e. The van der Waals surface area contributed by atoms with E-state index in [4.69, 9.17) is 14.2 Å². The second-order valence-corrected chi connectivity index (χ2v) is 9.40. The topological polar surface area (TPSA) is 40.6 Å². The van der Waals surface area contributed by atoms with Gasteiger partial charge >= 0.3 is 0 Å². The number of pyridine rings is 1. The van der Waals surface area contributed by atoms with Crippen LogP contribution < -0.4 is 9.47 Å². The molecule has 0 aliphatic carbocycles. The quantitative estimate of drug-likeness (QED) is 0.151. The second-order valence-electron chi connectivity index (χ2n) is 9.40. The van der Waals surface area contributed by atoms with Crippen LogP contribution in [0.1, 0.15) is 41.3 Å². The van der Waals surface area contributed by atoms with Gasteiger partial charge < -0.3 is 14.2 Å². The van der Waals surface area contributed by atoms with Gasteiger partial charge in [0.15, 0.2) is 11.5 Å². The van der Waals surface area contributed by atoms with Gasteiger partial charge in [-0.1, -0.05) is 128 Å². The maximum atomic E-state index is 14.4. The Hall–Kier alpha value is -4.48. The molecule has 0 saturated heterocycles. The van der Waals surface area contributed by atoms with Crippen LogP contribution in [0.3, 0.4) is 0 Å². The van der Waals surface area contributed by atoms with Crippen LogP contribution in [0.25, 0.3) is 0 Å². The number of aromatic nitrogens is 1. The van der Waals surface area contributed by atoms with Gasteiger partial charge in [-0.2, -0.15) is 0 Å². The molecule has 0 bridgehead atoms. The molecule has 0 spiro atoms. The number of hydrogen-bond acceptors (Lipinski definition) is 4. The van der Waals surface area contributed by atoms with E-state index in [1.54, 1.807) is 19.2 Å². The molecule has 1 heterocycles. The zero-order chi connectivity index (χ0) is 27.6. The van der Waals surface area contributed by atoms with Gasteiger partial charge in [0.2, 0.25) is 6.36 Å². The van der Waals surface area contributed by atoms with Crippen molar-refractivity contribution in [3.63, 3.8) is 0 Å². The molecule has 0 aliphatic heterocycles. The number of rotatable bonds is 12. The minimum Gasteiger partial charge on any atom is -0.483 e. The van der Waals surface area contributed by atoms with E-state index >= 15 is 0 Å². The summed E-state index contributed by atoms with van der Waals surface area (Å²) in [6.45, 7) is 2.20. The van der Waals surface area contributed by atoms with E-state index in [1.807, 2.05) is 84.9 Å². The van der Waals surface area contributed by atoms with E-state index in [2.05, 4.69) is 41.4 Å². The van der Waals surface area contributed by atoms with Gasteiger partial charge in [-0.05, 0) is 22.3 Å². The zero-order valence-electron chi connectivity index (χ0n) is 22.5. The van der Waals surface area contributed by atoms with Crippen LogP contribution in [0.5, 0.6) is 11.5 Å². The Balaban J connectivity index is 1.50. The normalized spacial score (nSPS) is 12.1. The molecular formula is C35H32FNO3. The highest BCUT2D eigenvalue weighted by molar-refractivity contribution is 5.47. The van der Waals surface area contributed by atoms with Crippen molar-refractivity contribution in [2.24, 2.45) is 0 Å². The van der Waals surface area contributed by atoms with E-state index < -0.39 is 12.0 Å². The lowest BCUT2D eigenvalue weighted by Crippen LogP contribution is -2.33. The van der Waals surface area contributed by atoms with Gasteiger partial charge in [-0.25, -0.2) is 4.39 Å². The average Bonchev–Trinajstić information content (AvgIpc) is 3.03. The Kier molecular flexibility index (Phi) is 8.84. The third-order valence-corrected chi connectivity index (χ3v) is 6.68. The molecule has 5 aromatic rings. The summed E-state index contributed by atoms with van der Waals surface area (Å²) < 4.78 is 32.9. The Morgan fingerprint density at radius 2 is 1.18 bits per heavy atom. The number of hydrogen-bond donors (Lipinski definition) is 0. The smallest absolute Gasteiger partial charge is 0.238 e. The van der Waals surface area contributed by atoms with Gasteiger partial charge in [-0.15, -0.1) is 0 Å². The largest absolute Gasteiger partial charge is 0.483 e. The molecular weight excluding hydrogens is 501 g/mol. The molecule has 0 saturated carbocycles. The fourth-order valence-electron chi connectivity index (χ4n) is 4.65. The van der Waals surface area contributed by atoms with Gasteiger partial charge in [0.05, 0.1) is 18.5 Å². The first kappa shape index (κ1) is 27.1. The Morgan fingerprint density at radius 3 is 1.68 bits per heavy atom. The minimum absolute atomic E-state index is 0.150. The summed E-state index contributed by atoms with van der Waals surface area (Å²) in [7, 11) is 0. The Bertz CT molecular complexity index is 1370. The third-order valence-electron chi connectivity index (χ3n) is 6.68. The minimum atomic E-state index is -1.47. The van der Waals surface area contributed by atoms with Crippen molar-refractivity contribution in [3.05, 3.63) is 162 Å². The zero-order valence-corrected chi connectivity index (χ0v) is 22.5. The summed E-state index contributed by atoms with van der Waals surface area (Å²) in [4.78, 5) is 4.62. The number of halogens is 1. The van der Waals surface area contributed by atoms with E-state index in [0.717, 1.165) is 22.3 Å². The first-order valence-electron chi connectivity index (χ1n) is 13.5. The number of alkyl halides is 1. The molecule has 4 nitrogen and oxygen atoms in total. The maximum absolute atomic E-state index is 14.4. The summed E-state index contributed by atoms with van der Waals surface area (Å²) in [5.41, 5.74) is 3.65. The van der Waals surface area contributed by atoms with E-state index in [-0.39, 0.29) is 13.0 Å². The van der Waals surface area contributed by atoms with E-state index in [1.165, 1.54) is 0 Å². The predicted octanol–water partition coefficient (Wildman–Crippen LogP) is 8.25. The molecule has 4 aromatic carbocycles. The second kappa shape index (κ2) is 13.0. The highest BCUT2D eigenvalue weighted by Crippen LogP contribution is 2.41. The highest BCUT2D eigenvalue weighted by Gasteiger charge is 2.37. The molecule has 1 atom stereocenters. The number of ether oxygens (including phenoxy) is 3. The summed E-state index contributed by atoms with van der Waals surface area (Å²) in [6, 6.07) is 41.9. The SMILES string of the molecule is CCC(F)Oc1cc(COC(c2ccccc2)(c2ccccc2)c2ccccc2)ncc1OCc1ccccc1. The number of nitrogens with zero attached hydrogens (tertiary/aromatic N) is 1. The van der Waals surface area contributed by atoms with Crippen LogP contribution in [0, 0.1) is 0 Å². The van der Waals surface area contributed by atoms with Gasteiger partial charge in [0.25, 0.3) is 0 Å². The van der Waals surface area contributed by atoms with E-state index in [0.29, 0.717) is 23.8 Å². The van der Waals surface area contributed by atoms with Crippen LogP contribution >= 0.6 is 0 Å². The highest BCUT2D eigenvalue weighted by atomic mass is 19.1. The predicted molar refractivity (Wildman–Crippen MR) is 155 cm³/mol. The summed E-state index contributed by atoms with van der Waals surface area (Å²) in [6.07, 6.45) is 0.326. The van der Waals surface area contributed by atoms with Crippen molar-refractivity contribution in [2.45, 2.75) is 38.5 Å². The van der Waals surface area contributed by atoms with Gasteiger partial charge in [-0.3, -0.25) is 4.98 Å². The van der Waals surface area contributed by atoms with Crippen LogP contribution in [0.4, 0.5) is 4.39 Å². The molecule has 0 aliphatic rings. The van der Waals surface area contributed by atoms with Gasteiger partial charge in [0.1, 0.15) is 12.2 Å². The molecule has 5 rings (SSSR count). The summed E-state index contributed by atoms with van der Waals surface area (Å²) in [5.74, 6) is 0.674. The molecule has 5 heteroatoms. The van der Waals surface area contributed by atoms with Crippen molar-refractivity contribution in [1.82, 2.24) is 4.98 Å². The molecule has 0 N–H and O–H groups in total. The monoisotopic (exact) mass is 533 g/mol. The molecule has 40 heavy (non-hydrogen) atoms. The summed E-state index contributed by atoms with van der Waals surface area (Å²) >= 11 is 0. The van der Waals surface area contributed by atoms with Crippen LogP contribution in [0.2, 0.25) is 0 Å². The first-order chi connectivity index (χ1) is 19.7. The van der Waals surface area contributed by atoms with Crippen LogP contribution in [0.15, 0.2) is 134 Å². The molecule has 202 valence electrons. The Morgan fingerprint density at radius 1 is 0.675 bits per heavy atom. The van der Waals surface area contributed by atoms with Crippen molar-refractivity contribution in [3.8, 4) is 11.5 Å². The van der Waals surface area contributed by atoms with Crippen molar-refractivity contribution in [2.75, 3.05) is 0 Å². The first-order valence-corrected chi connectivity index (χ1v) is 13.5. The lowest BCUT2D eigenvalue weighted by atomic mass is 9.80.